The van der Waals surface area contributed by atoms with Gasteiger partial charge in [0.05, 0.1) is 5.69 Å². The molecular weight excluding hydrogens is 402 g/mol. The van der Waals surface area contributed by atoms with E-state index < -0.39 is 6.09 Å². The predicted octanol–water partition coefficient (Wildman–Crippen LogP) is 4.53. The minimum Gasteiger partial charge on any atom is -0.443 e. The van der Waals surface area contributed by atoms with Crippen LogP contribution in [0.15, 0.2) is 23.3 Å². The number of carbonyl (C=O) groups is 1. The van der Waals surface area contributed by atoms with Crippen molar-refractivity contribution in [2.24, 2.45) is 22.6 Å². The average Bonchev–Trinajstić information content (AvgIpc) is 3.11. The number of nitrogens with two attached hydrogens (primary N) is 1. The number of aliphatic imine (C=N–C) groups is 1. The molecule has 1 saturated carbocycles. The summed E-state index contributed by atoms with van der Waals surface area (Å²) in [5, 5.41) is 1.04. The number of rotatable bonds is 6. The van der Waals surface area contributed by atoms with Crippen molar-refractivity contribution in [3.05, 3.63) is 29.6 Å². The van der Waals surface area contributed by atoms with Gasteiger partial charge in [-0.05, 0) is 62.5 Å². The van der Waals surface area contributed by atoms with Crippen LogP contribution in [0.25, 0.3) is 11.0 Å². The molecule has 0 radical (unpaired) electrons. The third-order valence-electron chi connectivity index (χ3n) is 7.58. The Bertz CT molecular complexity index is 951. The molecule has 1 aliphatic carbocycles. The zero-order valence-corrected chi connectivity index (χ0v) is 19.7. The molecule has 7 nitrogen and oxygen atoms in total. The molecule has 32 heavy (non-hydrogen) atoms. The summed E-state index contributed by atoms with van der Waals surface area (Å²) >= 11 is 0. The van der Waals surface area contributed by atoms with Crippen molar-refractivity contribution in [3.8, 4) is 0 Å². The molecule has 0 bridgehead atoms. The van der Waals surface area contributed by atoms with Gasteiger partial charge in [-0.25, -0.2) is 9.78 Å². The minimum absolute atomic E-state index is 0.131. The molecule has 3 heterocycles. The number of aromatic nitrogens is 2. The van der Waals surface area contributed by atoms with Crippen LogP contribution in [0, 0.1) is 11.8 Å². The minimum atomic E-state index is -0.763. The monoisotopic (exact) mass is 439 g/mol. The molecule has 2 N–H and O–H groups in total. The topological polar surface area (TPSA) is 85.7 Å². The number of likely N-dealkylation sites (tertiary alicyclic amines) is 1. The number of carbonyl (C=O) groups excluding carboxylic acids is 1. The standard InChI is InChI=1S/C25H37N5O2/c1-17(2)18-6-8-19(9-7-18)29-13-10-20(11-14-29)30-23(16-32-25(26)31)22(15-27-3)21-5-4-12-28-24(21)30/h4-5,12,15,17-20H,6-11,13-14,16H2,1-3H3,(H2,26,31)/b27-15-/t18-,19+. The number of amides is 1. The lowest BCUT2D eigenvalue weighted by atomic mass is 9.79. The second-order valence-electron chi connectivity index (χ2n) is 9.68. The fourth-order valence-corrected chi connectivity index (χ4v) is 5.81. The van der Waals surface area contributed by atoms with Gasteiger partial charge in [0.2, 0.25) is 0 Å². The van der Waals surface area contributed by atoms with E-state index in [2.05, 4.69) is 34.4 Å². The van der Waals surface area contributed by atoms with Crippen LogP contribution >= 0.6 is 0 Å². The van der Waals surface area contributed by atoms with Crippen molar-refractivity contribution >= 4 is 23.3 Å². The summed E-state index contributed by atoms with van der Waals surface area (Å²) in [4.78, 5) is 23.0. The molecule has 2 aromatic heterocycles. The summed E-state index contributed by atoms with van der Waals surface area (Å²) in [7, 11) is 1.75. The van der Waals surface area contributed by atoms with Crippen molar-refractivity contribution in [3.63, 3.8) is 0 Å². The second-order valence-corrected chi connectivity index (χ2v) is 9.68. The first-order valence-electron chi connectivity index (χ1n) is 12.1. The van der Waals surface area contributed by atoms with Crippen LogP contribution in [-0.4, -0.2) is 52.9 Å². The van der Waals surface area contributed by atoms with E-state index in [1.165, 1.54) is 25.7 Å². The van der Waals surface area contributed by atoms with E-state index in [0.717, 1.165) is 66.1 Å². The van der Waals surface area contributed by atoms with E-state index >= 15 is 0 Å². The van der Waals surface area contributed by atoms with E-state index in [9.17, 15) is 4.79 Å². The molecule has 0 aromatic carbocycles. The van der Waals surface area contributed by atoms with E-state index in [1.807, 2.05) is 18.5 Å². The smallest absolute Gasteiger partial charge is 0.404 e. The molecular formula is C25H37N5O2. The fraction of sp³-hybridized carbons (Fsp3) is 0.640. The number of pyridine rings is 1. The highest BCUT2D eigenvalue weighted by molar-refractivity contribution is 6.00. The SMILES string of the molecule is C/N=C\c1c(COC(N)=O)n(C2CCN([C@H]3CC[C@@H](C(C)C)CC3)CC2)c2ncccc12. The Labute approximate surface area is 191 Å². The van der Waals surface area contributed by atoms with Crippen molar-refractivity contribution in [2.75, 3.05) is 20.1 Å². The molecule has 0 unspecified atom stereocenters. The third-order valence-corrected chi connectivity index (χ3v) is 7.58. The van der Waals surface area contributed by atoms with E-state index in [4.69, 9.17) is 15.5 Å². The highest BCUT2D eigenvalue weighted by Crippen LogP contribution is 2.36. The zero-order chi connectivity index (χ0) is 22.7. The molecule has 0 spiro atoms. The molecule has 7 heteroatoms. The maximum absolute atomic E-state index is 11.4. The van der Waals surface area contributed by atoms with Crippen molar-refractivity contribution in [1.82, 2.24) is 14.5 Å². The Morgan fingerprint density at radius 2 is 1.94 bits per heavy atom. The lowest BCUT2D eigenvalue weighted by Crippen LogP contribution is -2.44. The van der Waals surface area contributed by atoms with Gasteiger partial charge in [0.25, 0.3) is 0 Å². The Kier molecular flexibility index (Phi) is 7.13. The number of nitrogens with zero attached hydrogens (tertiary/aromatic N) is 4. The lowest BCUT2D eigenvalue weighted by Gasteiger charge is -2.42. The number of fused-ring (bicyclic) bond motifs is 1. The van der Waals surface area contributed by atoms with Gasteiger partial charge in [0.15, 0.2) is 0 Å². The largest absolute Gasteiger partial charge is 0.443 e. The van der Waals surface area contributed by atoms with Gasteiger partial charge in [-0.1, -0.05) is 13.8 Å². The Morgan fingerprint density at radius 3 is 2.56 bits per heavy atom. The van der Waals surface area contributed by atoms with Crippen LogP contribution in [0.2, 0.25) is 0 Å². The number of piperidine rings is 1. The molecule has 4 rings (SSSR count). The molecule has 1 saturated heterocycles. The van der Waals surface area contributed by atoms with E-state index in [-0.39, 0.29) is 6.61 Å². The van der Waals surface area contributed by atoms with Crippen LogP contribution in [-0.2, 0) is 11.3 Å². The van der Waals surface area contributed by atoms with Gasteiger partial charge in [0.1, 0.15) is 12.3 Å². The summed E-state index contributed by atoms with van der Waals surface area (Å²) in [5.74, 6) is 1.70. The van der Waals surface area contributed by atoms with Gasteiger partial charge in [0, 0.05) is 55.6 Å². The summed E-state index contributed by atoms with van der Waals surface area (Å²) < 4.78 is 7.52. The maximum atomic E-state index is 11.4. The summed E-state index contributed by atoms with van der Waals surface area (Å²) in [6.45, 7) is 7.06. The third kappa shape index (κ3) is 4.68. The molecule has 2 aromatic rings. The normalized spacial score (nSPS) is 23.4. The number of primary amides is 1. The van der Waals surface area contributed by atoms with Crippen LogP contribution in [0.3, 0.4) is 0 Å². The molecule has 2 aliphatic rings. The first-order chi connectivity index (χ1) is 15.5. The molecule has 0 atom stereocenters. The quantitative estimate of drug-likeness (QED) is 0.670. The highest BCUT2D eigenvalue weighted by Gasteiger charge is 2.32. The van der Waals surface area contributed by atoms with Gasteiger partial charge >= 0.3 is 6.09 Å². The first kappa shape index (κ1) is 22.8. The van der Waals surface area contributed by atoms with Crippen LogP contribution < -0.4 is 5.73 Å². The lowest BCUT2D eigenvalue weighted by molar-refractivity contribution is 0.0875. The molecule has 1 aliphatic heterocycles. The fourth-order valence-electron chi connectivity index (χ4n) is 5.81. The van der Waals surface area contributed by atoms with Crippen LogP contribution in [0.4, 0.5) is 4.79 Å². The average molecular weight is 440 g/mol. The maximum Gasteiger partial charge on any atom is 0.404 e. The second kappa shape index (κ2) is 10.0. The molecule has 174 valence electrons. The Morgan fingerprint density at radius 1 is 1.22 bits per heavy atom. The summed E-state index contributed by atoms with van der Waals surface area (Å²) in [6.07, 6.45) is 10.4. The Hall–Kier alpha value is -2.41. The van der Waals surface area contributed by atoms with Gasteiger partial charge in [-0.3, -0.25) is 4.99 Å². The summed E-state index contributed by atoms with van der Waals surface area (Å²) in [6, 6.07) is 5.05. The number of ether oxygens (including phenoxy) is 1. The van der Waals surface area contributed by atoms with Crippen LogP contribution in [0.1, 0.15) is 69.7 Å². The van der Waals surface area contributed by atoms with E-state index in [1.54, 1.807) is 7.05 Å². The van der Waals surface area contributed by atoms with Crippen LogP contribution in [0.5, 0.6) is 0 Å². The first-order valence-corrected chi connectivity index (χ1v) is 12.1. The molecule has 1 amide bonds. The van der Waals surface area contributed by atoms with Gasteiger partial charge in [-0.2, -0.15) is 0 Å². The number of hydrogen-bond donors (Lipinski definition) is 1. The zero-order valence-electron chi connectivity index (χ0n) is 19.7. The van der Waals surface area contributed by atoms with E-state index in [0.29, 0.717) is 6.04 Å². The van der Waals surface area contributed by atoms with Crippen molar-refractivity contribution in [2.45, 2.75) is 71.1 Å². The van der Waals surface area contributed by atoms with Gasteiger partial charge < -0.3 is 19.9 Å². The van der Waals surface area contributed by atoms with Crippen molar-refractivity contribution in [1.29, 1.82) is 0 Å². The number of hydrogen-bond acceptors (Lipinski definition) is 5. The summed E-state index contributed by atoms with van der Waals surface area (Å²) in [5.41, 5.74) is 8.12. The Balaban J connectivity index is 1.54. The van der Waals surface area contributed by atoms with Gasteiger partial charge in [-0.15, -0.1) is 0 Å². The molecule has 2 fully saturated rings. The predicted molar refractivity (Wildman–Crippen MR) is 128 cm³/mol. The highest BCUT2D eigenvalue weighted by atomic mass is 16.5. The van der Waals surface area contributed by atoms with Crippen molar-refractivity contribution < 1.29 is 9.53 Å².